The average Bonchev–Trinajstić information content (AvgIpc) is 3.12. The molecule has 0 radical (unpaired) electrons. The Morgan fingerprint density at radius 2 is 1.86 bits per heavy atom. The van der Waals surface area contributed by atoms with Gasteiger partial charge in [0, 0.05) is 5.92 Å². The van der Waals surface area contributed by atoms with E-state index in [0.717, 1.165) is 30.2 Å². The summed E-state index contributed by atoms with van der Waals surface area (Å²) in [7, 11) is 0. The molecule has 0 spiro atoms. The number of carbonyl (C=O) groups is 1. The number of nitrogens with one attached hydrogen (secondary N) is 1. The number of nitrogens with two attached hydrogens (primary N) is 1. The molecule has 8 nitrogen and oxygen atoms in total. The van der Waals surface area contributed by atoms with Crippen molar-refractivity contribution in [3.8, 4) is 11.5 Å². The number of amides is 1. The van der Waals surface area contributed by atoms with Gasteiger partial charge in [-0.1, -0.05) is 31.0 Å². The van der Waals surface area contributed by atoms with Crippen LogP contribution in [0, 0.1) is 0 Å². The standard InChI is InChI=1S/C20H29N5O3S/c1-2-27-16-8-10-17(11-9-16)28-13-12-22-18(26)14-29-20-24-23-19(25(20)21)15-6-4-3-5-7-15/h8-11,15H,2-7,12-14,21H2,1H3,(H,22,26). The summed E-state index contributed by atoms with van der Waals surface area (Å²) in [4.78, 5) is 12.1. The van der Waals surface area contributed by atoms with E-state index in [2.05, 4.69) is 15.5 Å². The molecule has 1 heterocycles. The van der Waals surface area contributed by atoms with Gasteiger partial charge in [-0.2, -0.15) is 0 Å². The van der Waals surface area contributed by atoms with E-state index in [1.807, 2.05) is 31.2 Å². The van der Waals surface area contributed by atoms with E-state index in [-0.39, 0.29) is 11.7 Å². The fraction of sp³-hybridized carbons (Fsp3) is 0.550. The first-order chi connectivity index (χ1) is 14.2. The van der Waals surface area contributed by atoms with Crippen molar-refractivity contribution in [3.05, 3.63) is 30.1 Å². The molecule has 1 aliphatic rings. The van der Waals surface area contributed by atoms with E-state index >= 15 is 0 Å². The third-order valence-electron chi connectivity index (χ3n) is 4.82. The highest BCUT2D eigenvalue weighted by atomic mass is 32.2. The number of nitrogen functional groups attached to an aromatic ring is 1. The Kier molecular flexibility index (Phi) is 8.03. The SMILES string of the molecule is CCOc1ccc(OCCNC(=O)CSc2nnc(C3CCCCC3)n2N)cc1. The minimum Gasteiger partial charge on any atom is -0.494 e. The smallest absolute Gasteiger partial charge is 0.230 e. The number of nitrogens with zero attached hydrogens (tertiary/aromatic N) is 3. The summed E-state index contributed by atoms with van der Waals surface area (Å²) in [6, 6.07) is 7.42. The Hall–Kier alpha value is -2.42. The van der Waals surface area contributed by atoms with Crippen molar-refractivity contribution in [1.82, 2.24) is 20.2 Å². The molecule has 1 saturated carbocycles. The van der Waals surface area contributed by atoms with Gasteiger partial charge in [-0.15, -0.1) is 10.2 Å². The van der Waals surface area contributed by atoms with Crippen molar-refractivity contribution in [3.63, 3.8) is 0 Å². The van der Waals surface area contributed by atoms with Crippen LogP contribution in [0.3, 0.4) is 0 Å². The lowest BCUT2D eigenvalue weighted by molar-refractivity contribution is -0.118. The molecule has 0 unspecified atom stereocenters. The zero-order valence-electron chi connectivity index (χ0n) is 16.8. The van der Waals surface area contributed by atoms with Crippen molar-refractivity contribution >= 4 is 17.7 Å². The molecular weight excluding hydrogens is 390 g/mol. The van der Waals surface area contributed by atoms with Crippen LogP contribution in [0.5, 0.6) is 11.5 Å². The lowest BCUT2D eigenvalue weighted by Crippen LogP contribution is -2.29. The number of carbonyl (C=O) groups excluding carboxylic acids is 1. The van der Waals surface area contributed by atoms with Gasteiger partial charge in [-0.3, -0.25) is 4.79 Å². The Morgan fingerprint density at radius 1 is 1.17 bits per heavy atom. The largest absolute Gasteiger partial charge is 0.494 e. The second kappa shape index (κ2) is 10.9. The van der Waals surface area contributed by atoms with Gasteiger partial charge in [0.25, 0.3) is 0 Å². The van der Waals surface area contributed by atoms with Crippen LogP contribution in [0.2, 0.25) is 0 Å². The molecule has 158 valence electrons. The molecule has 0 saturated heterocycles. The van der Waals surface area contributed by atoms with Crippen LogP contribution in [0.1, 0.15) is 50.8 Å². The lowest BCUT2D eigenvalue weighted by atomic mass is 9.89. The van der Waals surface area contributed by atoms with Crippen LogP contribution in [0.25, 0.3) is 0 Å². The van der Waals surface area contributed by atoms with Crippen molar-refractivity contribution in [1.29, 1.82) is 0 Å². The maximum Gasteiger partial charge on any atom is 0.230 e. The van der Waals surface area contributed by atoms with E-state index in [4.69, 9.17) is 15.3 Å². The molecule has 3 rings (SSSR count). The number of aromatic nitrogens is 3. The zero-order valence-corrected chi connectivity index (χ0v) is 17.6. The van der Waals surface area contributed by atoms with Crippen molar-refractivity contribution in [2.24, 2.45) is 0 Å². The number of benzene rings is 1. The second-order valence-electron chi connectivity index (χ2n) is 6.94. The molecule has 1 aromatic carbocycles. The van der Waals surface area contributed by atoms with Crippen LogP contribution >= 0.6 is 11.8 Å². The third-order valence-corrected chi connectivity index (χ3v) is 5.76. The number of ether oxygens (including phenoxy) is 2. The first kappa shape index (κ1) is 21.3. The highest BCUT2D eigenvalue weighted by Gasteiger charge is 2.22. The summed E-state index contributed by atoms with van der Waals surface area (Å²) in [6.07, 6.45) is 5.91. The molecule has 1 fully saturated rings. The number of hydrogen-bond acceptors (Lipinski definition) is 7. The molecule has 29 heavy (non-hydrogen) atoms. The first-order valence-corrected chi connectivity index (χ1v) is 11.1. The Morgan fingerprint density at radius 3 is 2.55 bits per heavy atom. The van der Waals surface area contributed by atoms with E-state index < -0.39 is 0 Å². The van der Waals surface area contributed by atoms with Crippen molar-refractivity contribution < 1.29 is 14.3 Å². The van der Waals surface area contributed by atoms with Crippen LogP contribution in [-0.4, -0.2) is 46.3 Å². The van der Waals surface area contributed by atoms with Gasteiger partial charge in [0.1, 0.15) is 18.1 Å². The van der Waals surface area contributed by atoms with E-state index in [1.54, 1.807) is 4.68 Å². The van der Waals surface area contributed by atoms with Crippen molar-refractivity contribution in [2.75, 3.05) is 31.4 Å². The van der Waals surface area contributed by atoms with Crippen LogP contribution < -0.4 is 20.6 Å². The van der Waals surface area contributed by atoms with Crippen LogP contribution in [0.15, 0.2) is 29.4 Å². The molecule has 1 aromatic heterocycles. The molecule has 0 aliphatic heterocycles. The van der Waals surface area contributed by atoms with Crippen LogP contribution in [-0.2, 0) is 4.79 Å². The summed E-state index contributed by atoms with van der Waals surface area (Å²) in [5, 5.41) is 11.8. The third kappa shape index (κ3) is 6.28. The minimum absolute atomic E-state index is 0.0903. The van der Waals surface area contributed by atoms with E-state index in [9.17, 15) is 4.79 Å². The molecule has 1 aliphatic carbocycles. The zero-order chi connectivity index (χ0) is 20.5. The minimum atomic E-state index is -0.0903. The van der Waals surface area contributed by atoms with Gasteiger partial charge in [0.05, 0.1) is 18.9 Å². The summed E-state index contributed by atoms with van der Waals surface area (Å²) < 4.78 is 12.6. The Labute approximate surface area is 175 Å². The highest BCUT2D eigenvalue weighted by Crippen LogP contribution is 2.32. The number of thioether (sulfide) groups is 1. The number of rotatable bonds is 10. The molecule has 1 amide bonds. The van der Waals surface area contributed by atoms with E-state index in [0.29, 0.717) is 30.8 Å². The number of hydrogen-bond donors (Lipinski definition) is 2. The van der Waals surface area contributed by atoms with E-state index in [1.165, 1.54) is 31.0 Å². The Balaban J connectivity index is 1.35. The van der Waals surface area contributed by atoms with Gasteiger partial charge in [0.2, 0.25) is 11.1 Å². The predicted molar refractivity (Wildman–Crippen MR) is 113 cm³/mol. The Bertz CT molecular complexity index is 775. The topological polar surface area (TPSA) is 104 Å². The molecule has 0 bridgehead atoms. The summed E-state index contributed by atoms with van der Waals surface area (Å²) in [5.41, 5.74) is 0. The van der Waals surface area contributed by atoms with Gasteiger partial charge in [-0.05, 0) is 44.0 Å². The van der Waals surface area contributed by atoms with Crippen molar-refractivity contribution in [2.45, 2.75) is 50.1 Å². The fourth-order valence-electron chi connectivity index (χ4n) is 3.37. The monoisotopic (exact) mass is 419 g/mol. The lowest BCUT2D eigenvalue weighted by Gasteiger charge is -2.20. The molecule has 2 aromatic rings. The highest BCUT2D eigenvalue weighted by molar-refractivity contribution is 7.99. The van der Waals surface area contributed by atoms with Gasteiger partial charge in [0.15, 0.2) is 5.82 Å². The summed E-state index contributed by atoms with van der Waals surface area (Å²) in [6.45, 7) is 3.39. The summed E-state index contributed by atoms with van der Waals surface area (Å²) in [5.74, 6) is 9.05. The fourth-order valence-corrected chi connectivity index (χ4v) is 4.06. The summed E-state index contributed by atoms with van der Waals surface area (Å²) >= 11 is 1.30. The molecule has 3 N–H and O–H groups in total. The van der Waals surface area contributed by atoms with Gasteiger partial charge < -0.3 is 20.6 Å². The first-order valence-electron chi connectivity index (χ1n) is 10.1. The van der Waals surface area contributed by atoms with Crippen LogP contribution in [0.4, 0.5) is 0 Å². The normalized spacial score (nSPS) is 14.5. The second-order valence-corrected chi connectivity index (χ2v) is 7.88. The predicted octanol–water partition coefficient (Wildman–Crippen LogP) is 2.73. The maximum absolute atomic E-state index is 12.1. The van der Waals surface area contributed by atoms with Gasteiger partial charge in [-0.25, -0.2) is 4.68 Å². The molecule has 0 atom stereocenters. The quantitative estimate of drug-likeness (QED) is 0.347. The molecular formula is C20H29N5O3S. The molecule has 9 heteroatoms. The maximum atomic E-state index is 12.1. The van der Waals surface area contributed by atoms with Gasteiger partial charge >= 0.3 is 0 Å². The average molecular weight is 420 g/mol.